The van der Waals surface area contributed by atoms with E-state index in [2.05, 4.69) is 10.3 Å². The average molecular weight is 444 g/mol. The maximum atomic E-state index is 12.8. The van der Waals surface area contributed by atoms with Crippen LogP contribution < -0.4 is 5.32 Å². The molecule has 148 valence electrons. The van der Waals surface area contributed by atoms with Gasteiger partial charge in [-0.15, -0.1) is 23.1 Å². The van der Waals surface area contributed by atoms with E-state index in [0.29, 0.717) is 28.8 Å². The Kier molecular flexibility index (Phi) is 6.18. The number of hydrogen-bond acceptors (Lipinski definition) is 5. The third kappa shape index (κ3) is 4.63. The molecule has 0 radical (unpaired) electrons. The number of carbonyl (C=O) groups is 2. The van der Waals surface area contributed by atoms with Gasteiger partial charge >= 0.3 is 0 Å². The molecule has 1 aromatic heterocycles. The van der Waals surface area contributed by atoms with Crippen LogP contribution in [0.25, 0.3) is 10.6 Å². The summed E-state index contributed by atoms with van der Waals surface area (Å²) in [5.41, 5.74) is 2.40. The highest BCUT2D eigenvalue weighted by atomic mass is 35.5. The van der Waals surface area contributed by atoms with E-state index in [1.807, 2.05) is 35.7 Å². The number of carbonyl (C=O) groups excluding carboxylic acids is 2. The summed E-state index contributed by atoms with van der Waals surface area (Å²) in [6.45, 7) is 0.340. The Morgan fingerprint density at radius 2 is 1.90 bits per heavy atom. The van der Waals surface area contributed by atoms with Gasteiger partial charge in [0.15, 0.2) is 0 Å². The van der Waals surface area contributed by atoms with Gasteiger partial charge in [-0.1, -0.05) is 41.9 Å². The van der Waals surface area contributed by atoms with Gasteiger partial charge in [0, 0.05) is 27.3 Å². The van der Waals surface area contributed by atoms with Crippen molar-refractivity contribution in [1.29, 1.82) is 0 Å². The Morgan fingerprint density at radius 3 is 2.66 bits per heavy atom. The first kappa shape index (κ1) is 19.9. The van der Waals surface area contributed by atoms with Gasteiger partial charge in [-0.3, -0.25) is 9.59 Å². The summed E-state index contributed by atoms with van der Waals surface area (Å²) in [7, 11) is 0. The van der Waals surface area contributed by atoms with Crippen LogP contribution in [0.3, 0.4) is 0 Å². The smallest absolute Gasteiger partial charge is 0.255 e. The summed E-state index contributed by atoms with van der Waals surface area (Å²) in [5.74, 6) is 0.754. The van der Waals surface area contributed by atoms with E-state index in [0.717, 1.165) is 16.3 Å². The van der Waals surface area contributed by atoms with Crippen molar-refractivity contribution < 1.29 is 9.59 Å². The molecule has 2 aromatic carbocycles. The van der Waals surface area contributed by atoms with Crippen molar-refractivity contribution in [3.05, 3.63) is 76.3 Å². The van der Waals surface area contributed by atoms with Crippen LogP contribution in [0.15, 0.2) is 60.0 Å². The Hall–Kier alpha value is -2.35. The Bertz CT molecular complexity index is 1010. The maximum absolute atomic E-state index is 12.8. The fraction of sp³-hybridized carbons (Fsp3) is 0.190. The SMILES string of the molecule is O=C(NCc1csc(-c2ccccc2)n1)C1CSCN1C(=O)c1ccc(Cl)cc1. The van der Waals surface area contributed by atoms with Crippen molar-refractivity contribution in [3.8, 4) is 10.6 Å². The molecule has 3 aromatic rings. The molecule has 0 spiro atoms. The second kappa shape index (κ2) is 8.98. The first-order valence-electron chi connectivity index (χ1n) is 9.03. The number of aromatic nitrogens is 1. The Balaban J connectivity index is 1.38. The van der Waals surface area contributed by atoms with Gasteiger partial charge in [-0.05, 0) is 24.3 Å². The van der Waals surface area contributed by atoms with E-state index in [9.17, 15) is 9.59 Å². The standard InChI is InChI=1S/C21H18ClN3O2S2/c22-16-8-6-15(7-9-16)21(27)25-13-28-12-18(25)19(26)23-10-17-11-29-20(24-17)14-4-2-1-3-5-14/h1-9,11,18H,10,12-13H2,(H,23,26). The molecule has 1 saturated heterocycles. The lowest BCUT2D eigenvalue weighted by Crippen LogP contribution is -2.47. The van der Waals surface area contributed by atoms with Crippen molar-refractivity contribution in [2.45, 2.75) is 12.6 Å². The number of thiazole rings is 1. The van der Waals surface area contributed by atoms with Crippen molar-refractivity contribution in [2.75, 3.05) is 11.6 Å². The lowest BCUT2D eigenvalue weighted by molar-refractivity contribution is -0.124. The van der Waals surface area contributed by atoms with Crippen LogP contribution in [0.4, 0.5) is 0 Å². The minimum absolute atomic E-state index is 0.160. The molecule has 0 saturated carbocycles. The van der Waals surface area contributed by atoms with Crippen LogP contribution in [-0.4, -0.2) is 39.4 Å². The maximum Gasteiger partial charge on any atom is 0.255 e. The van der Waals surface area contributed by atoms with Crippen LogP contribution in [0.1, 0.15) is 16.1 Å². The van der Waals surface area contributed by atoms with E-state index in [1.165, 1.54) is 0 Å². The van der Waals surface area contributed by atoms with E-state index in [1.54, 1.807) is 52.3 Å². The quantitative estimate of drug-likeness (QED) is 0.638. The predicted molar refractivity (Wildman–Crippen MR) is 118 cm³/mol. The lowest BCUT2D eigenvalue weighted by atomic mass is 10.1. The Morgan fingerprint density at radius 1 is 1.14 bits per heavy atom. The zero-order chi connectivity index (χ0) is 20.2. The number of benzene rings is 2. The highest BCUT2D eigenvalue weighted by molar-refractivity contribution is 7.99. The number of halogens is 1. The first-order valence-corrected chi connectivity index (χ1v) is 11.4. The number of thioether (sulfide) groups is 1. The fourth-order valence-electron chi connectivity index (χ4n) is 3.02. The van der Waals surface area contributed by atoms with Gasteiger partial charge in [-0.2, -0.15) is 0 Å². The van der Waals surface area contributed by atoms with Crippen molar-refractivity contribution in [1.82, 2.24) is 15.2 Å². The van der Waals surface area contributed by atoms with E-state index in [-0.39, 0.29) is 11.8 Å². The zero-order valence-electron chi connectivity index (χ0n) is 15.4. The molecule has 5 nitrogen and oxygen atoms in total. The molecule has 1 N–H and O–H groups in total. The van der Waals surface area contributed by atoms with Crippen LogP contribution in [0.2, 0.25) is 5.02 Å². The van der Waals surface area contributed by atoms with Crippen molar-refractivity contribution in [2.24, 2.45) is 0 Å². The third-order valence-corrected chi connectivity index (χ3v) is 6.76. The Labute approximate surface area is 182 Å². The van der Waals surface area contributed by atoms with Crippen LogP contribution in [0, 0.1) is 0 Å². The van der Waals surface area contributed by atoms with Gasteiger partial charge < -0.3 is 10.2 Å². The number of amides is 2. The minimum atomic E-state index is -0.490. The number of rotatable bonds is 5. The van der Waals surface area contributed by atoms with Gasteiger partial charge in [0.2, 0.25) is 5.91 Å². The van der Waals surface area contributed by atoms with Crippen molar-refractivity contribution >= 4 is 46.5 Å². The van der Waals surface area contributed by atoms with E-state index in [4.69, 9.17) is 11.6 Å². The van der Waals surface area contributed by atoms with E-state index < -0.39 is 6.04 Å². The normalized spacial score (nSPS) is 16.0. The molecule has 2 amide bonds. The minimum Gasteiger partial charge on any atom is -0.349 e. The summed E-state index contributed by atoms with van der Waals surface area (Å²) in [4.78, 5) is 31.7. The van der Waals surface area contributed by atoms with E-state index >= 15 is 0 Å². The molecular formula is C21H18ClN3O2S2. The summed E-state index contributed by atoms with van der Waals surface area (Å²) in [6, 6.07) is 16.2. The summed E-state index contributed by atoms with van der Waals surface area (Å²) in [6.07, 6.45) is 0. The summed E-state index contributed by atoms with van der Waals surface area (Å²) in [5, 5.41) is 6.37. The predicted octanol–water partition coefficient (Wildman–Crippen LogP) is 4.30. The monoisotopic (exact) mass is 443 g/mol. The molecular weight excluding hydrogens is 426 g/mol. The molecule has 2 heterocycles. The fourth-order valence-corrected chi connectivity index (χ4v) is 5.12. The van der Waals surface area contributed by atoms with Gasteiger partial charge in [0.25, 0.3) is 5.91 Å². The van der Waals surface area contributed by atoms with Gasteiger partial charge in [0.1, 0.15) is 11.0 Å². The molecule has 1 aliphatic rings. The molecule has 29 heavy (non-hydrogen) atoms. The topological polar surface area (TPSA) is 62.3 Å². The molecule has 0 bridgehead atoms. The summed E-state index contributed by atoms with van der Waals surface area (Å²) < 4.78 is 0. The van der Waals surface area contributed by atoms with Gasteiger partial charge in [0.05, 0.1) is 18.1 Å². The molecule has 4 rings (SSSR count). The van der Waals surface area contributed by atoms with Crippen LogP contribution in [0.5, 0.6) is 0 Å². The van der Waals surface area contributed by atoms with Crippen LogP contribution in [-0.2, 0) is 11.3 Å². The first-order chi connectivity index (χ1) is 14.1. The average Bonchev–Trinajstić information content (AvgIpc) is 3.43. The highest BCUT2D eigenvalue weighted by Crippen LogP contribution is 2.25. The highest BCUT2D eigenvalue weighted by Gasteiger charge is 2.35. The second-order valence-electron chi connectivity index (χ2n) is 6.53. The largest absolute Gasteiger partial charge is 0.349 e. The third-order valence-electron chi connectivity index (χ3n) is 4.55. The summed E-state index contributed by atoms with van der Waals surface area (Å²) >= 11 is 9.02. The molecule has 1 unspecified atom stereocenters. The van der Waals surface area contributed by atoms with Gasteiger partial charge in [-0.25, -0.2) is 4.98 Å². The molecule has 8 heteroatoms. The molecule has 1 aliphatic heterocycles. The molecule has 1 atom stereocenters. The number of hydrogen-bond donors (Lipinski definition) is 1. The molecule has 1 fully saturated rings. The lowest BCUT2D eigenvalue weighted by Gasteiger charge is -2.23. The van der Waals surface area contributed by atoms with Crippen LogP contribution >= 0.6 is 34.7 Å². The zero-order valence-corrected chi connectivity index (χ0v) is 17.8. The second-order valence-corrected chi connectivity index (χ2v) is 8.82. The number of nitrogens with one attached hydrogen (secondary N) is 1. The molecule has 0 aliphatic carbocycles. The van der Waals surface area contributed by atoms with Crippen molar-refractivity contribution in [3.63, 3.8) is 0 Å². The number of nitrogens with zero attached hydrogens (tertiary/aromatic N) is 2.